The van der Waals surface area contributed by atoms with Crippen molar-refractivity contribution in [3.8, 4) is 6.07 Å². The van der Waals surface area contributed by atoms with E-state index in [1.807, 2.05) is 11.0 Å². The highest BCUT2D eigenvalue weighted by Crippen LogP contribution is 2.28. The van der Waals surface area contributed by atoms with Gasteiger partial charge in [0.15, 0.2) is 6.10 Å². The summed E-state index contributed by atoms with van der Waals surface area (Å²) in [6, 6.07) is 7.40. The Labute approximate surface area is 121 Å². The molecular formula is C14H13ClN2O3. The van der Waals surface area contributed by atoms with Crippen LogP contribution < -0.4 is 4.90 Å². The summed E-state index contributed by atoms with van der Waals surface area (Å²) in [6.45, 7) is 1.62. The largest absolute Gasteiger partial charge is 0.478 e. The first-order valence-electron chi connectivity index (χ1n) is 6.07. The third-order valence-corrected chi connectivity index (χ3v) is 3.24. The van der Waals surface area contributed by atoms with Gasteiger partial charge in [0.1, 0.15) is 0 Å². The van der Waals surface area contributed by atoms with Crippen LogP contribution >= 0.6 is 11.6 Å². The molecule has 1 saturated heterocycles. The summed E-state index contributed by atoms with van der Waals surface area (Å²) in [7, 11) is 0. The summed E-state index contributed by atoms with van der Waals surface area (Å²) in [5.74, 6) is -1.00. The number of rotatable bonds is 3. The van der Waals surface area contributed by atoms with Gasteiger partial charge in [-0.3, -0.25) is 0 Å². The third kappa shape index (κ3) is 3.50. The van der Waals surface area contributed by atoms with Crippen LogP contribution in [0.5, 0.6) is 0 Å². The van der Waals surface area contributed by atoms with Crippen molar-refractivity contribution >= 4 is 29.3 Å². The van der Waals surface area contributed by atoms with Crippen LogP contribution in [0.3, 0.4) is 0 Å². The molecule has 1 fully saturated rings. The molecule has 1 atom stereocenters. The molecule has 2 rings (SSSR count). The van der Waals surface area contributed by atoms with E-state index in [2.05, 4.69) is 6.07 Å². The van der Waals surface area contributed by atoms with E-state index in [4.69, 9.17) is 26.7 Å². The van der Waals surface area contributed by atoms with E-state index in [9.17, 15) is 4.79 Å². The first-order valence-corrected chi connectivity index (χ1v) is 6.44. The van der Waals surface area contributed by atoms with Crippen LogP contribution in [0, 0.1) is 11.3 Å². The Morgan fingerprint density at radius 2 is 2.40 bits per heavy atom. The minimum Gasteiger partial charge on any atom is -0.478 e. The summed E-state index contributed by atoms with van der Waals surface area (Å²) >= 11 is 6.22. The van der Waals surface area contributed by atoms with E-state index in [0.717, 1.165) is 11.8 Å². The molecule has 0 amide bonds. The average Bonchev–Trinajstić information content (AvgIpc) is 2.45. The lowest BCUT2D eigenvalue weighted by Gasteiger charge is -2.32. The normalized spacial score (nSPS) is 19.0. The van der Waals surface area contributed by atoms with Crippen LogP contribution in [-0.4, -0.2) is 36.9 Å². The highest BCUT2D eigenvalue weighted by Gasteiger charge is 2.21. The van der Waals surface area contributed by atoms with E-state index < -0.39 is 12.1 Å². The zero-order valence-electron chi connectivity index (χ0n) is 10.6. The van der Waals surface area contributed by atoms with Crippen molar-refractivity contribution in [1.29, 1.82) is 5.26 Å². The zero-order valence-corrected chi connectivity index (χ0v) is 11.4. The Morgan fingerprint density at radius 3 is 3.05 bits per heavy atom. The number of aliphatic carboxylic acids is 1. The van der Waals surface area contributed by atoms with Gasteiger partial charge in [0, 0.05) is 12.6 Å². The van der Waals surface area contributed by atoms with Gasteiger partial charge in [-0.1, -0.05) is 17.7 Å². The van der Waals surface area contributed by atoms with E-state index in [1.165, 1.54) is 6.08 Å². The monoisotopic (exact) mass is 292 g/mol. The highest BCUT2D eigenvalue weighted by molar-refractivity contribution is 6.33. The summed E-state index contributed by atoms with van der Waals surface area (Å²) < 4.78 is 5.29. The molecule has 0 radical (unpaired) electrons. The van der Waals surface area contributed by atoms with Gasteiger partial charge < -0.3 is 14.7 Å². The number of benzene rings is 1. The van der Waals surface area contributed by atoms with Gasteiger partial charge >= 0.3 is 5.97 Å². The fraction of sp³-hybridized carbons (Fsp3) is 0.286. The molecule has 0 aliphatic carbocycles. The molecule has 1 N–H and O–H groups in total. The number of ether oxygens (including phenoxy) is 1. The van der Waals surface area contributed by atoms with Gasteiger partial charge in [0.25, 0.3) is 0 Å². The van der Waals surface area contributed by atoms with Crippen molar-refractivity contribution < 1.29 is 14.6 Å². The molecule has 0 spiro atoms. The number of hydrogen-bond acceptors (Lipinski definition) is 4. The molecule has 0 bridgehead atoms. The van der Waals surface area contributed by atoms with E-state index in [-0.39, 0.29) is 0 Å². The second kappa shape index (κ2) is 6.42. The van der Waals surface area contributed by atoms with Crippen LogP contribution in [0.4, 0.5) is 5.69 Å². The summed E-state index contributed by atoms with van der Waals surface area (Å²) in [5, 5.41) is 18.0. The van der Waals surface area contributed by atoms with Crippen molar-refractivity contribution in [1.82, 2.24) is 0 Å². The fourth-order valence-electron chi connectivity index (χ4n) is 2.00. The van der Waals surface area contributed by atoms with Crippen LogP contribution in [0.2, 0.25) is 5.02 Å². The van der Waals surface area contributed by atoms with E-state index in [1.54, 1.807) is 12.1 Å². The maximum absolute atomic E-state index is 10.5. The smallest absolute Gasteiger partial charge is 0.328 e. The molecule has 0 aromatic heterocycles. The Bertz CT molecular complexity index is 580. The van der Waals surface area contributed by atoms with Gasteiger partial charge in [0.05, 0.1) is 29.9 Å². The average molecular weight is 293 g/mol. The number of carbonyl (C=O) groups is 1. The van der Waals surface area contributed by atoms with Crippen molar-refractivity contribution in [3.05, 3.63) is 34.9 Å². The van der Waals surface area contributed by atoms with E-state index in [0.29, 0.717) is 30.3 Å². The number of carboxylic acids is 1. The van der Waals surface area contributed by atoms with Gasteiger partial charge in [-0.2, -0.15) is 5.26 Å². The maximum atomic E-state index is 10.5. The lowest BCUT2D eigenvalue weighted by molar-refractivity contribution is -0.131. The molecule has 1 aliphatic rings. The quantitative estimate of drug-likeness (QED) is 0.864. The van der Waals surface area contributed by atoms with Crippen molar-refractivity contribution in [2.75, 3.05) is 24.6 Å². The number of anilines is 1. The Morgan fingerprint density at radius 1 is 1.60 bits per heavy atom. The predicted molar refractivity (Wildman–Crippen MR) is 75.7 cm³/mol. The summed E-state index contributed by atoms with van der Waals surface area (Å²) in [4.78, 5) is 12.5. The highest BCUT2D eigenvalue weighted by atomic mass is 35.5. The summed E-state index contributed by atoms with van der Waals surface area (Å²) in [5.41, 5.74) is 1.54. The number of nitriles is 1. The van der Waals surface area contributed by atoms with Crippen LogP contribution in [0.1, 0.15) is 5.56 Å². The van der Waals surface area contributed by atoms with Crippen molar-refractivity contribution in [2.24, 2.45) is 0 Å². The fourth-order valence-corrected chi connectivity index (χ4v) is 2.31. The third-order valence-electron chi connectivity index (χ3n) is 2.94. The maximum Gasteiger partial charge on any atom is 0.328 e. The lowest BCUT2D eigenvalue weighted by Crippen LogP contribution is -2.41. The number of hydrogen-bond donors (Lipinski definition) is 1. The van der Waals surface area contributed by atoms with Gasteiger partial charge in [-0.25, -0.2) is 4.79 Å². The SMILES string of the molecule is N#CC1CN(c2ccc(/C=C/C(=O)O)cc2Cl)CCO1. The first-order chi connectivity index (χ1) is 9.60. The van der Waals surface area contributed by atoms with Crippen molar-refractivity contribution in [3.63, 3.8) is 0 Å². The molecule has 20 heavy (non-hydrogen) atoms. The number of morpholine rings is 1. The van der Waals surface area contributed by atoms with Gasteiger partial charge in [-0.15, -0.1) is 0 Å². The second-order valence-corrected chi connectivity index (χ2v) is 4.72. The minimum absolute atomic E-state index is 0.452. The molecule has 5 nitrogen and oxygen atoms in total. The number of nitrogens with zero attached hydrogens (tertiary/aromatic N) is 2. The lowest BCUT2D eigenvalue weighted by atomic mass is 10.1. The second-order valence-electron chi connectivity index (χ2n) is 4.32. The van der Waals surface area contributed by atoms with Crippen LogP contribution in [-0.2, 0) is 9.53 Å². The number of halogens is 1. The van der Waals surface area contributed by atoms with Crippen LogP contribution in [0.25, 0.3) is 6.08 Å². The van der Waals surface area contributed by atoms with Gasteiger partial charge in [0.2, 0.25) is 0 Å². The van der Waals surface area contributed by atoms with Gasteiger partial charge in [-0.05, 0) is 23.8 Å². The summed E-state index contributed by atoms with van der Waals surface area (Å²) in [6.07, 6.45) is 2.09. The minimum atomic E-state index is -1.00. The number of carboxylic acid groups (broad SMARTS) is 1. The molecule has 1 aromatic carbocycles. The zero-order chi connectivity index (χ0) is 14.5. The molecule has 1 unspecified atom stereocenters. The Balaban J connectivity index is 2.17. The molecular weight excluding hydrogens is 280 g/mol. The molecule has 104 valence electrons. The standard InChI is InChI=1S/C14H13ClN2O3/c15-12-7-10(2-4-14(18)19)1-3-13(12)17-5-6-20-11(8-16)9-17/h1-4,7,11H,5-6,9H2,(H,18,19)/b4-2+. The molecule has 0 saturated carbocycles. The first kappa shape index (κ1) is 14.4. The molecule has 6 heteroatoms. The predicted octanol–water partition coefficient (Wildman–Crippen LogP) is 2.17. The van der Waals surface area contributed by atoms with Crippen LogP contribution in [0.15, 0.2) is 24.3 Å². The Kier molecular flexibility index (Phi) is 4.61. The topological polar surface area (TPSA) is 73.6 Å². The van der Waals surface area contributed by atoms with Crippen molar-refractivity contribution in [2.45, 2.75) is 6.10 Å². The van der Waals surface area contributed by atoms with E-state index >= 15 is 0 Å². The molecule has 1 aliphatic heterocycles. The Hall–Kier alpha value is -2.03. The molecule has 1 aromatic rings. The molecule has 1 heterocycles.